The number of hydrogen-bond acceptors (Lipinski definition) is 10. The summed E-state index contributed by atoms with van der Waals surface area (Å²) in [5.74, 6) is 0.435. The highest BCUT2D eigenvalue weighted by Gasteiger charge is 2.31. The van der Waals surface area contributed by atoms with E-state index in [1.165, 1.54) is 16.8 Å². The molecular weight excluding hydrogens is 614 g/mol. The zero-order chi connectivity index (χ0) is 31.7. The van der Waals surface area contributed by atoms with E-state index in [0.717, 1.165) is 55.4 Å². The van der Waals surface area contributed by atoms with E-state index in [9.17, 15) is 8.42 Å². The first-order valence-electron chi connectivity index (χ1n) is 15.3. The maximum atomic E-state index is 12.9. The molecular formula is C30H40ClN11O2S. The molecule has 15 heteroatoms. The summed E-state index contributed by atoms with van der Waals surface area (Å²) >= 11 is 6.54. The van der Waals surface area contributed by atoms with Gasteiger partial charge in [-0.25, -0.2) is 28.1 Å². The van der Waals surface area contributed by atoms with Gasteiger partial charge in [-0.3, -0.25) is 14.8 Å². The van der Waals surface area contributed by atoms with Crippen molar-refractivity contribution in [2.45, 2.75) is 57.3 Å². The monoisotopic (exact) mass is 653 g/mol. The standard InChI is InChI=1S/C30H40ClN11O2S/c1-21(2)40-13-11-39(12-14-40)18-25-5-6-27(22(3)35-25)42-17-23(15-34-42)29-26(31)16-32-30(37-29)36-24-7-9-41(10-8-24)45(43,44)28-19-38(4)20-33-28/h5-6,15-17,19-21,24H,7-14,18H2,1-4H3,(H,32,36,37). The number of pyridine rings is 1. The molecule has 2 aliphatic rings. The second kappa shape index (κ2) is 13.1. The van der Waals surface area contributed by atoms with E-state index in [2.05, 4.69) is 56.2 Å². The molecule has 1 N–H and O–H groups in total. The van der Waals surface area contributed by atoms with Crippen LogP contribution < -0.4 is 5.32 Å². The lowest BCUT2D eigenvalue weighted by Crippen LogP contribution is -2.48. The Balaban J connectivity index is 1.09. The number of aromatic nitrogens is 7. The van der Waals surface area contributed by atoms with Crippen LogP contribution in [0.3, 0.4) is 0 Å². The predicted molar refractivity (Wildman–Crippen MR) is 173 cm³/mol. The fraction of sp³-hybridized carbons (Fsp3) is 0.500. The first-order valence-corrected chi connectivity index (χ1v) is 17.1. The molecule has 6 heterocycles. The largest absolute Gasteiger partial charge is 0.351 e. The Labute approximate surface area is 269 Å². The maximum Gasteiger partial charge on any atom is 0.262 e. The van der Waals surface area contributed by atoms with Gasteiger partial charge in [0.15, 0.2) is 5.03 Å². The molecule has 45 heavy (non-hydrogen) atoms. The number of anilines is 1. The highest BCUT2D eigenvalue weighted by atomic mass is 35.5. The molecule has 0 radical (unpaired) electrons. The van der Waals surface area contributed by atoms with Gasteiger partial charge >= 0.3 is 0 Å². The van der Waals surface area contributed by atoms with Crippen molar-refractivity contribution in [1.29, 1.82) is 0 Å². The van der Waals surface area contributed by atoms with Crippen molar-refractivity contribution < 1.29 is 8.42 Å². The van der Waals surface area contributed by atoms with Gasteiger partial charge in [-0.15, -0.1) is 0 Å². The quantitative estimate of drug-likeness (QED) is 0.287. The van der Waals surface area contributed by atoms with Gasteiger partial charge in [-0.1, -0.05) is 11.6 Å². The van der Waals surface area contributed by atoms with Gasteiger partial charge in [0.25, 0.3) is 10.0 Å². The first-order chi connectivity index (χ1) is 21.6. The van der Waals surface area contributed by atoms with Crippen LogP contribution in [0.15, 0.2) is 48.3 Å². The van der Waals surface area contributed by atoms with E-state index in [4.69, 9.17) is 21.6 Å². The molecule has 6 rings (SSSR count). The van der Waals surface area contributed by atoms with Crippen molar-refractivity contribution in [3.63, 3.8) is 0 Å². The predicted octanol–water partition coefficient (Wildman–Crippen LogP) is 3.21. The molecule has 4 aromatic heterocycles. The summed E-state index contributed by atoms with van der Waals surface area (Å²) in [6.45, 7) is 12.4. The Morgan fingerprint density at radius 2 is 1.76 bits per heavy atom. The lowest BCUT2D eigenvalue weighted by atomic mass is 10.1. The summed E-state index contributed by atoms with van der Waals surface area (Å²) in [6.07, 6.45) is 9.45. The fourth-order valence-corrected chi connectivity index (χ4v) is 7.53. The third kappa shape index (κ3) is 7.04. The van der Waals surface area contributed by atoms with Crippen LogP contribution in [0.25, 0.3) is 16.9 Å². The first kappa shape index (κ1) is 31.5. The second-order valence-corrected chi connectivity index (χ2v) is 14.4. The van der Waals surface area contributed by atoms with E-state index in [0.29, 0.717) is 48.6 Å². The number of piperazine rings is 1. The number of imidazole rings is 1. The van der Waals surface area contributed by atoms with Gasteiger partial charge < -0.3 is 9.88 Å². The molecule has 0 saturated carbocycles. The summed E-state index contributed by atoms with van der Waals surface area (Å²) in [7, 11) is -1.87. The average molecular weight is 654 g/mol. The fourth-order valence-electron chi connectivity index (χ4n) is 5.90. The molecule has 0 aromatic carbocycles. The number of nitrogens with one attached hydrogen (secondary N) is 1. The van der Waals surface area contributed by atoms with Crippen LogP contribution in [-0.4, -0.2) is 108 Å². The minimum atomic E-state index is -3.62. The number of nitrogens with zero attached hydrogens (tertiary/aromatic N) is 10. The molecule has 0 spiro atoms. The Morgan fingerprint density at radius 3 is 2.42 bits per heavy atom. The molecule has 13 nitrogen and oxygen atoms in total. The minimum absolute atomic E-state index is 0.0169. The average Bonchev–Trinajstić information content (AvgIpc) is 3.69. The number of piperidine rings is 1. The molecule has 4 aromatic rings. The van der Waals surface area contributed by atoms with Gasteiger partial charge in [0.1, 0.15) is 0 Å². The zero-order valence-electron chi connectivity index (χ0n) is 26.1. The lowest BCUT2D eigenvalue weighted by Gasteiger charge is -2.36. The molecule has 0 bridgehead atoms. The summed E-state index contributed by atoms with van der Waals surface area (Å²) < 4.78 is 30.8. The van der Waals surface area contributed by atoms with Crippen molar-refractivity contribution in [2.24, 2.45) is 7.05 Å². The number of aryl methyl sites for hydroxylation is 2. The number of halogens is 1. The van der Waals surface area contributed by atoms with Crippen molar-refractivity contribution in [3.05, 3.63) is 59.7 Å². The summed E-state index contributed by atoms with van der Waals surface area (Å²) in [5, 5.41) is 8.44. The smallest absolute Gasteiger partial charge is 0.262 e. The number of hydrogen-bond donors (Lipinski definition) is 1. The molecule has 0 atom stereocenters. The van der Waals surface area contributed by atoms with Gasteiger partial charge in [0.2, 0.25) is 5.95 Å². The van der Waals surface area contributed by atoms with Crippen LogP contribution in [0, 0.1) is 6.92 Å². The zero-order valence-corrected chi connectivity index (χ0v) is 27.7. The highest BCUT2D eigenvalue weighted by molar-refractivity contribution is 7.89. The SMILES string of the molecule is Cc1nc(CN2CCN(C(C)C)CC2)ccc1-n1cc(-c2nc(NC3CCN(S(=O)(=O)c4cn(C)cn4)CC3)ncc2Cl)cn1. The number of rotatable bonds is 9. The van der Waals surface area contributed by atoms with Crippen LogP contribution in [0.5, 0.6) is 0 Å². The van der Waals surface area contributed by atoms with E-state index in [-0.39, 0.29) is 11.1 Å². The third-order valence-electron chi connectivity index (χ3n) is 8.56. The molecule has 2 saturated heterocycles. The van der Waals surface area contributed by atoms with Crippen molar-refractivity contribution in [3.8, 4) is 16.9 Å². The van der Waals surface area contributed by atoms with Gasteiger partial charge in [0.05, 0.1) is 46.5 Å². The van der Waals surface area contributed by atoms with E-state index in [1.807, 2.05) is 13.1 Å². The van der Waals surface area contributed by atoms with E-state index in [1.54, 1.807) is 28.7 Å². The highest BCUT2D eigenvalue weighted by Crippen LogP contribution is 2.28. The molecule has 2 fully saturated rings. The summed E-state index contributed by atoms with van der Waals surface area (Å²) in [5.41, 5.74) is 4.17. The van der Waals surface area contributed by atoms with Crippen LogP contribution in [-0.2, 0) is 23.6 Å². The molecule has 2 aliphatic heterocycles. The van der Waals surface area contributed by atoms with Crippen molar-refractivity contribution in [2.75, 3.05) is 44.6 Å². The Kier molecular flexibility index (Phi) is 9.20. The molecule has 0 aliphatic carbocycles. The van der Waals surface area contributed by atoms with Gasteiger partial charge in [0, 0.05) is 82.9 Å². The van der Waals surface area contributed by atoms with Crippen LogP contribution >= 0.6 is 11.6 Å². The van der Waals surface area contributed by atoms with Crippen LogP contribution in [0.4, 0.5) is 5.95 Å². The maximum absolute atomic E-state index is 12.9. The van der Waals surface area contributed by atoms with Crippen LogP contribution in [0.2, 0.25) is 5.02 Å². The third-order valence-corrected chi connectivity index (χ3v) is 10.6. The van der Waals surface area contributed by atoms with Gasteiger partial charge in [-0.05, 0) is 45.7 Å². The van der Waals surface area contributed by atoms with E-state index >= 15 is 0 Å². The van der Waals surface area contributed by atoms with Crippen molar-refractivity contribution >= 4 is 27.6 Å². The summed E-state index contributed by atoms with van der Waals surface area (Å²) in [6, 6.07) is 4.74. The summed E-state index contributed by atoms with van der Waals surface area (Å²) in [4.78, 5) is 23.0. The lowest BCUT2D eigenvalue weighted by molar-refractivity contribution is 0.103. The van der Waals surface area contributed by atoms with Crippen molar-refractivity contribution in [1.82, 2.24) is 48.4 Å². The topological polar surface area (TPSA) is 130 Å². The normalized spacial score (nSPS) is 17.7. The Morgan fingerprint density at radius 1 is 1.00 bits per heavy atom. The molecule has 0 amide bonds. The van der Waals surface area contributed by atoms with E-state index < -0.39 is 10.0 Å². The Bertz CT molecular complexity index is 1740. The minimum Gasteiger partial charge on any atom is -0.351 e. The Hall–Kier alpha value is -3.43. The second-order valence-electron chi connectivity index (χ2n) is 12.1. The van der Waals surface area contributed by atoms with Gasteiger partial charge in [-0.2, -0.15) is 9.40 Å². The molecule has 240 valence electrons. The number of sulfonamides is 1. The molecule has 0 unspecified atom stereocenters. The van der Waals surface area contributed by atoms with Crippen LogP contribution in [0.1, 0.15) is 38.1 Å².